The highest BCUT2D eigenvalue weighted by Gasteiger charge is 2.15. The number of hydrogen-bond acceptors (Lipinski definition) is 3. The molecule has 1 fully saturated rings. The summed E-state index contributed by atoms with van der Waals surface area (Å²) in [5.74, 6) is 0.945. The number of benzene rings is 1. The molecule has 0 saturated carbocycles. The molecular weight excluding hydrogens is 226 g/mol. The normalized spacial score (nSPS) is 21.6. The molecule has 1 aliphatic heterocycles. The smallest absolute Gasteiger partial charge is 0.122 e. The molecule has 0 spiro atoms. The fourth-order valence-electron chi connectivity index (χ4n) is 2.38. The molecule has 2 unspecified atom stereocenters. The highest BCUT2D eigenvalue weighted by molar-refractivity contribution is 5.29. The van der Waals surface area contributed by atoms with Crippen molar-refractivity contribution in [2.75, 3.05) is 20.3 Å². The van der Waals surface area contributed by atoms with Crippen molar-refractivity contribution in [2.24, 2.45) is 0 Å². The average Bonchev–Trinajstić information content (AvgIpc) is 2.43. The van der Waals surface area contributed by atoms with Crippen LogP contribution in [0.1, 0.15) is 37.8 Å². The minimum absolute atomic E-state index is 0.218. The van der Waals surface area contributed by atoms with Gasteiger partial charge in [0.1, 0.15) is 11.9 Å². The molecule has 0 radical (unpaired) electrons. The molecule has 2 atom stereocenters. The Kier molecular flexibility index (Phi) is 5.02. The molecule has 3 nitrogen and oxygen atoms in total. The first-order valence-electron chi connectivity index (χ1n) is 6.85. The van der Waals surface area contributed by atoms with E-state index in [9.17, 15) is 0 Å². The van der Waals surface area contributed by atoms with Gasteiger partial charge in [-0.15, -0.1) is 0 Å². The van der Waals surface area contributed by atoms with E-state index in [-0.39, 0.29) is 6.10 Å². The Bertz CT molecular complexity index is 340. The second kappa shape index (κ2) is 6.76. The van der Waals surface area contributed by atoms with Crippen LogP contribution in [0.4, 0.5) is 0 Å². The van der Waals surface area contributed by atoms with Crippen LogP contribution in [0.25, 0.3) is 0 Å². The first-order chi connectivity index (χ1) is 8.83. The summed E-state index contributed by atoms with van der Waals surface area (Å²) in [6.07, 6.45) is 3.50. The Labute approximate surface area is 109 Å². The molecule has 1 aliphatic rings. The van der Waals surface area contributed by atoms with Gasteiger partial charge in [-0.05, 0) is 44.0 Å². The van der Waals surface area contributed by atoms with E-state index >= 15 is 0 Å². The van der Waals surface area contributed by atoms with Crippen LogP contribution < -0.4 is 10.1 Å². The van der Waals surface area contributed by atoms with Crippen molar-refractivity contribution >= 4 is 0 Å². The predicted molar refractivity (Wildman–Crippen MR) is 73.0 cm³/mol. The summed E-state index contributed by atoms with van der Waals surface area (Å²) in [5.41, 5.74) is 1.31. The minimum atomic E-state index is 0.218. The van der Waals surface area contributed by atoms with Crippen LogP contribution in [0.3, 0.4) is 0 Å². The molecule has 1 heterocycles. The monoisotopic (exact) mass is 249 g/mol. The molecule has 1 aromatic carbocycles. The zero-order valence-electron chi connectivity index (χ0n) is 11.3. The number of ether oxygens (including phenoxy) is 2. The van der Waals surface area contributed by atoms with Gasteiger partial charge in [0, 0.05) is 12.6 Å². The van der Waals surface area contributed by atoms with Crippen molar-refractivity contribution in [1.29, 1.82) is 0 Å². The predicted octanol–water partition coefficient (Wildman–Crippen LogP) is 2.91. The summed E-state index contributed by atoms with van der Waals surface area (Å²) in [6.45, 7) is 3.78. The lowest BCUT2D eigenvalue weighted by Gasteiger charge is -2.23. The number of hydrogen-bond donors (Lipinski definition) is 1. The minimum Gasteiger partial charge on any atom is -0.488 e. The lowest BCUT2D eigenvalue weighted by atomic mass is 10.0. The van der Waals surface area contributed by atoms with Crippen LogP contribution in [-0.2, 0) is 4.74 Å². The molecule has 18 heavy (non-hydrogen) atoms. The molecule has 100 valence electrons. The van der Waals surface area contributed by atoms with Crippen molar-refractivity contribution in [3.05, 3.63) is 29.8 Å². The van der Waals surface area contributed by atoms with E-state index in [0.717, 1.165) is 38.2 Å². The molecule has 1 N–H and O–H groups in total. The third kappa shape index (κ3) is 3.47. The third-order valence-electron chi connectivity index (χ3n) is 3.46. The quantitative estimate of drug-likeness (QED) is 0.870. The Morgan fingerprint density at radius 3 is 2.72 bits per heavy atom. The standard InChI is InChI=1S/C15H23NO2/c1-3-15(16-2)12-6-8-13(9-7-12)18-14-5-4-10-17-11-14/h6-9,14-16H,3-5,10-11H2,1-2H3. The van der Waals surface area contributed by atoms with Crippen LogP contribution in [0.2, 0.25) is 0 Å². The molecule has 1 saturated heterocycles. The van der Waals surface area contributed by atoms with E-state index in [1.165, 1.54) is 5.56 Å². The van der Waals surface area contributed by atoms with Gasteiger partial charge in [-0.2, -0.15) is 0 Å². The number of nitrogens with one attached hydrogen (secondary N) is 1. The first kappa shape index (κ1) is 13.4. The topological polar surface area (TPSA) is 30.5 Å². The fraction of sp³-hybridized carbons (Fsp3) is 0.600. The lowest BCUT2D eigenvalue weighted by molar-refractivity contribution is 0.00742. The largest absolute Gasteiger partial charge is 0.488 e. The molecule has 2 rings (SSSR count). The number of rotatable bonds is 5. The average molecular weight is 249 g/mol. The Morgan fingerprint density at radius 1 is 1.39 bits per heavy atom. The van der Waals surface area contributed by atoms with Gasteiger partial charge in [0.2, 0.25) is 0 Å². The van der Waals surface area contributed by atoms with Crippen LogP contribution in [0.15, 0.2) is 24.3 Å². The van der Waals surface area contributed by atoms with Gasteiger partial charge in [-0.1, -0.05) is 19.1 Å². The summed E-state index contributed by atoms with van der Waals surface area (Å²) in [7, 11) is 2.00. The van der Waals surface area contributed by atoms with Crippen LogP contribution in [0, 0.1) is 0 Å². The summed E-state index contributed by atoms with van der Waals surface area (Å²) < 4.78 is 11.3. The van der Waals surface area contributed by atoms with Gasteiger partial charge >= 0.3 is 0 Å². The molecule has 0 aromatic heterocycles. The Hall–Kier alpha value is -1.06. The molecule has 0 bridgehead atoms. The third-order valence-corrected chi connectivity index (χ3v) is 3.46. The van der Waals surface area contributed by atoms with Crippen molar-refractivity contribution < 1.29 is 9.47 Å². The second-order valence-electron chi connectivity index (χ2n) is 4.78. The highest BCUT2D eigenvalue weighted by atomic mass is 16.5. The highest BCUT2D eigenvalue weighted by Crippen LogP contribution is 2.22. The lowest BCUT2D eigenvalue weighted by Crippen LogP contribution is -2.28. The van der Waals surface area contributed by atoms with E-state index in [0.29, 0.717) is 6.04 Å². The molecule has 0 aliphatic carbocycles. The summed E-state index contributed by atoms with van der Waals surface area (Å²) in [4.78, 5) is 0. The molecular formula is C15H23NO2. The van der Waals surface area contributed by atoms with E-state index in [2.05, 4.69) is 36.5 Å². The Morgan fingerprint density at radius 2 is 2.17 bits per heavy atom. The van der Waals surface area contributed by atoms with Gasteiger partial charge in [-0.25, -0.2) is 0 Å². The maximum atomic E-state index is 5.91. The van der Waals surface area contributed by atoms with Gasteiger partial charge in [0.05, 0.1) is 6.61 Å². The maximum absolute atomic E-state index is 5.91. The summed E-state index contributed by atoms with van der Waals surface area (Å²) in [5, 5.41) is 3.31. The van der Waals surface area contributed by atoms with Crippen molar-refractivity contribution in [3.8, 4) is 5.75 Å². The van der Waals surface area contributed by atoms with E-state index in [1.807, 2.05) is 7.05 Å². The SMILES string of the molecule is CCC(NC)c1ccc(OC2CCCOC2)cc1. The zero-order valence-corrected chi connectivity index (χ0v) is 11.3. The van der Waals surface area contributed by atoms with E-state index < -0.39 is 0 Å². The molecule has 0 amide bonds. The van der Waals surface area contributed by atoms with Crippen molar-refractivity contribution in [2.45, 2.75) is 38.3 Å². The fourth-order valence-corrected chi connectivity index (χ4v) is 2.38. The van der Waals surface area contributed by atoms with Crippen LogP contribution in [-0.4, -0.2) is 26.4 Å². The van der Waals surface area contributed by atoms with Crippen molar-refractivity contribution in [3.63, 3.8) is 0 Å². The summed E-state index contributed by atoms with van der Waals surface area (Å²) in [6, 6.07) is 8.83. The van der Waals surface area contributed by atoms with Crippen LogP contribution >= 0.6 is 0 Å². The van der Waals surface area contributed by atoms with E-state index in [4.69, 9.17) is 9.47 Å². The molecule has 1 aromatic rings. The second-order valence-corrected chi connectivity index (χ2v) is 4.78. The zero-order chi connectivity index (χ0) is 12.8. The van der Waals surface area contributed by atoms with E-state index in [1.54, 1.807) is 0 Å². The van der Waals surface area contributed by atoms with Crippen molar-refractivity contribution in [1.82, 2.24) is 5.32 Å². The van der Waals surface area contributed by atoms with Gasteiger partial charge in [0.25, 0.3) is 0 Å². The summed E-state index contributed by atoms with van der Waals surface area (Å²) >= 11 is 0. The van der Waals surface area contributed by atoms with Gasteiger partial charge in [0.15, 0.2) is 0 Å². The Balaban J connectivity index is 1.94. The molecule has 3 heteroatoms. The maximum Gasteiger partial charge on any atom is 0.122 e. The van der Waals surface area contributed by atoms with Crippen LogP contribution in [0.5, 0.6) is 5.75 Å². The van der Waals surface area contributed by atoms with Gasteiger partial charge in [-0.3, -0.25) is 0 Å². The van der Waals surface area contributed by atoms with Gasteiger partial charge < -0.3 is 14.8 Å². The first-order valence-corrected chi connectivity index (χ1v) is 6.85.